The summed E-state index contributed by atoms with van der Waals surface area (Å²) in [5.74, 6) is 0.455. The minimum Gasteiger partial charge on any atom is -0.324 e. The van der Waals surface area contributed by atoms with E-state index in [0.717, 1.165) is 53.8 Å². The van der Waals surface area contributed by atoms with Gasteiger partial charge in [-0.25, -0.2) is 4.79 Å². The SMILES string of the molecule is Cc1ccc(NC(=O)N2CCC(c3ccn[nH]3)CC2)c2cccnc12. The Morgan fingerprint density at radius 2 is 2.04 bits per heavy atom. The predicted molar refractivity (Wildman–Crippen MR) is 97.6 cm³/mol. The van der Waals surface area contributed by atoms with Crippen molar-refractivity contribution in [2.24, 2.45) is 0 Å². The Kier molecular flexibility index (Phi) is 4.09. The molecule has 6 heteroatoms. The van der Waals surface area contributed by atoms with Gasteiger partial charge in [-0.3, -0.25) is 10.1 Å². The van der Waals surface area contributed by atoms with Crippen molar-refractivity contribution in [3.63, 3.8) is 0 Å². The lowest BCUT2D eigenvalue weighted by Crippen LogP contribution is -2.40. The molecule has 0 saturated carbocycles. The van der Waals surface area contributed by atoms with Gasteiger partial charge in [0.05, 0.1) is 11.2 Å². The molecule has 1 aliphatic rings. The number of rotatable bonds is 2. The zero-order valence-electron chi connectivity index (χ0n) is 14.2. The number of nitrogens with zero attached hydrogens (tertiary/aromatic N) is 3. The molecule has 0 aliphatic carbocycles. The first-order valence-corrected chi connectivity index (χ1v) is 8.62. The van der Waals surface area contributed by atoms with Crippen LogP contribution in [0.5, 0.6) is 0 Å². The number of carbonyl (C=O) groups is 1. The molecule has 2 N–H and O–H groups in total. The molecule has 3 heterocycles. The van der Waals surface area contributed by atoms with Crippen LogP contribution in [-0.2, 0) is 0 Å². The number of hydrogen-bond donors (Lipinski definition) is 2. The van der Waals surface area contributed by atoms with Crippen LogP contribution in [0.4, 0.5) is 10.5 Å². The van der Waals surface area contributed by atoms with Crippen molar-refractivity contribution in [2.45, 2.75) is 25.7 Å². The highest BCUT2D eigenvalue weighted by molar-refractivity contribution is 6.01. The summed E-state index contributed by atoms with van der Waals surface area (Å²) in [7, 11) is 0. The summed E-state index contributed by atoms with van der Waals surface area (Å²) in [6.07, 6.45) is 5.46. The molecule has 2 amide bonds. The van der Waals surface area contributed by atoms with Crippen molar-refractivity contribution in [1.82, 2.24) is 20.1 Å². The lowest BCUT2D eigenvalue weighted by atomic mass is 9.94. The lowest BCUT2D eigenvalue weighted by Gasteiger charge is -2.31. The van der Waals surface area contributed by atoms with Crippen LogP contribution in [0.15, 0.2) is 42.7 Å². The van der Waals surface area contributed by atoms with Crippen LogP contribution in [-0.4, -0.2) is 39.2 Å². The number of pyridine rings is 1. The van der Waals surface area contributed by atoms with Crippen molar-refractivity contribution < 1.29 is 4.79 Å². The molecule has 0 spiro atoms. The fourth-order valence-corrected chi connectivity index (χ4v) is 3.50. The number of hydrogen-bond acceptors (Lipinski definition) is 3. The Labute approximate surface area is 146 Å². The minimum absolute atomic E-state index is 0.0444. The molecule has 1 aliphatic heterocycles. The largest absolute Gasteiger partial charge is 0.324 e. The maximum atomic E-state index is 12.7. The lowest BCUT2D eigenvalue weighted by molar-refractivity contribution is 0.194. The van der Waals surface area contributed by atoms with Gasteiger partial charge >= 0.3 is 6.03 Å². The molecule has 1 aromatic carbocycles. The Hall–Kier alpha value is -2.89. The van der Waals surface area contributed by atoms with E-state index in [9.17, 15) is 4.79 Å². The van der Waals surface area contributed by atoms with Crippen molar-refractivity contribution >= 4 is 22.6 Å². The Morgan fingerprint density at radius 3 is 2.80 bits per heavy atom. The number of likely N-dealkylation sites (tertiary alicyclic amines) is 1. The van der Waals surface area contributed by atoms with Gasteiger partial charge in [0.25, 0.3) is 0 Å². The van der Waals surface area contributed by atoms with Gasteiger partial charge in [-0.2, -0.15) is 5.10 Å². The second-order valence-electron chi connectivity index (χ2n) is 6.53. The molecule has 0 atom stereocenters. The van der Waals surface area contributed by atoms with Gasteiger partial charge in [0.15, 0.2) is 0 Å². The average molecular weight is 335 g/mol. The smallest absolute Gasteiger partial charge is 0.321 e. The van der Waals surface area contributed by atoms with Crippen LogP contribution in [0.3, 0.4) is 0 Å². The summed E-state index contributed by atoms with van der Waals surface area (Å²) in [4.78, 5) is 19.0. The predicted octanol–water partition coefficient (Wildman–Crippen LogP) is 3.68. The van der Waals surface area contributed by atoms with Crippen molar-refractivity contribution in [3.05, 3.63) is 54.0 Å². The van der Waals surface area contributed by atoms with E-state index in [1.165, 1.54) is 0 Å². The third-order valence-corrected chi connectivity index (χ3v) is 4.96. The molecule has 1 fully saturated rings. The number of H-pyrrole nitrogens is 1. The monoisotopic (exact) mass is 335 g/mol. The zero-order valence-corrected chi connectivity index (χ0v) is 14.2. The van der Waals surface area contributed by atoms with Crippen LogP contribution in [0.25, 0.3) is 10.9 Å². The Morgan fingerprint density at radius 1 is 1.20 bits per heavy atom. The molecule has 128 valence electrons. The highest BCUT2D eigenvalue weighted by atomic mass is 16.2. The molecular weight excluding hydrogens is 314 g/mol. The molecule has 0 radical (unpaired) electrons. The number of aromatic amines is 1. The summed E-state index contributed by atoms with van der Waals surface area (Å²) in [5.41, 5.74) is 4.01. The van der Waals surface area contributed by atoms with Crippen molar-refractivity contribution in [1.29, 1.82) is 0 Å². The van der Waals surface area contributed by atoms with Gasteiger partial charge in [0.2, 0.25) is 0 Å². The maximum absolute atomic E-state index is 12.7. The van der Waals surface area contributed by atoms with E-state index in [4.69, 9.17) is 0 Å². The number of amides is 2. The summed E-state index contributed by atoms with van der Waals surface area (Å²) < 4.78 is 0. The average Bonchev–Trinajstić information content (AvgIpc) is 3.19. The molecule has 4 rings (SSSR count). The minimum atomic E-state index is -0.0444. The van der Waals surface area contributed by atoms with E-state index in [1.54, 1.807) is 12.4 Å². The molecule has 2 aromatic heterocycles. The Bertz CT molecular complexity index is 882. The van der Waals surface area contributed by atoms with Crippen LogP contribution in [0.2, 0.25) is 0 Å². The molecule has 1 saturated heterocycles. The molecule has 25 heavy (non-hydrogen) atoms. The first-order chi connectivity index (χ1) is 12.2. The van der Waals surface area contributed by atoms with Crippen LogP contribution < -0.4 is 5.32 Å². The normalized spacial score (nSPS) is 15.5. The van der Waals surface area contributed by atoms with Gasteiger partial charge in [-0.15, -0.1) is 0 Å². The first-order valence-electron chi connectivity index (χ1n) is 8.62. The summed E-state index contributed by atoms with van der Waals surface area (Å²) in [6, 6.07) is 9.82. The fourth-order valence-electron chi connectivity index (χ4n) is 3.50. The second kappa shape index (κ2) is 6.55. The highest BCUT2D eigenvalue weighted by Crippen LogP contribution is 2.28. The fraction of sp³-hybridized carbons (Fsp3) is 0.316. The van der Waals surface area contributed by atoms with Crippen molar-refractivity contribution in [3.8, 4) is 0 Å². The third-order valence-electron chi connectivity index (χ3n) is 4.96. The topological polar surface area (TPSA) is 73.9 Å². The number of nitrogens with one attached hydrogen (secondary N) is 2. The van der Waals surface area contributed by atoms with E-state index >= 15 is 0 Å². The van der Waals surface area contributed by atoms with Crippen LogP contribution in [0, 0.1) is 6.92 Å². The number of carbonyl (C=O) groups excluding carboxylic acids is 1. The summed E-state index contributed by atoms with van der Waals surface area (Å²) in [5, 5.41) is 11.1. The standard InChI is InChI=1S/C19H21N5O/c1-13-4-5-17(15-3-2-9-20-18(13)15)22-19(25)24-11-7-14(8-12-24)16-6-10-21-23-16/h2-6,9-10,14H,7-8,11-12H2,1H3,(H,21,23)(H,22,25). The van der Waals surface area contributed by atoms with E-state index in [-0.39, 0.29) is 6.03 Å². The highest BCUT2D eigenvalue weighted by Gasteiger charge is 2.24. The second-order valence-corrected chi connectivity index (χ2v) is 6.53. The van der Waals surface area contributed by atoms with E-state index in [0.29, 0.717) is 5.92 Å². The van der Waals surface area contributed by atoms with Crippen LogP contribution in [0.1, 0.15) is 30.0 Å². The molecule has 6 nitrogen and oxygen atoms in total. The molecule has 0 unspecified atom stereocenters. The van der Waals surface area contributed by atoms with Crippen molar-refractivity contribution in [2.75, 3.05) is 18.4 Å². The first kappa shape index (κ1) is 15.6. The van der Waals surface area contributed by atoms with Crippen LogP contribution >= 0.6 is 0 Å². The van der Waals surface area contributed by atoms with E-state index in [2.05, 4.69) is 20.5 Å². The maximum Gasteiger partial charge on any atom is 0.321 e. The third kappa shape index (κ3) is 3.07. The van der Waals surface area contributed by atoms with Gasteiger partial charge in [-0.05, 0) is 49.6 Å². The number of aromatic nitrogens is 3. The summed E-state index contributed by atoms with van der Waals surface area (Å²) >= 11 is 0. The van der Waals surface area contributed by atoms with E-state index < -0.39 is 0 Å². The zero-order chi connectivity index (χ0) is 17.2. The number of anilines is 1. The van der Waals surface area contributed by atoms with Gasteiger partial charge in [0.1, 0.15) is 0 Å². The Balaban J connectivity index is 1.46. The number of fused-ring (bicyclic) bond motifs is 1. The molecule has 0 bridgehead atoms. The van der Waals surface area contributed by atoms with Gasteiger partial charge < -0.3 is 10.2 Å². The number of urea groups is 1. The molecular formula is C19H21N5O. The van der Waals surface area contributed by atoms with Gasteiger partial charge in [0, 0.05) is 42.5 Å². The van der Waals surface area contributed by atoms with E-state index in [1.807, 2.05) is 42.2 Å². The number of aryl methyl sites for hydroxylation is 1. The molecule has 3 aromatic rings. The number of piperidine rings is 1. The summed E-state index contributed by atoms with van der Waals surface area (Å²) in [6.45, 7) is 3.52. The van der Waals surface area contributed by atoms with Gasteiger partial charge in [-0.1, -0.05) is 6.07 Å². The quantitative estimate of drug-likeness (QED) is 0.750. The number of benzene rings is 1.